The number of amides is 2. The number of likely N-dealkylation sites (N-methyl/N-ethyl adjacent to an activating group) is 1. The van der Waals surface area contributed by atoms with E-state index in [2.05, 4.69) is 30.8 Å². The number of nitrogen functional groups attached to an aromatic ring is 1. The zero-order chi connectivity index (χ0) is 29.4. The third-order valence-corrected chi connectivity index (χ3v) is 7.26. The van der Waals surface area contributed by atoms with Crippen LogP contribution in [0, 0.1) is 5.82 Å². The largest absolute Gasteiger partial charge is 0.496 e. The molecular formula is C27H26FN11O3. The van der Waals surface area contributed by atoms with Crippen LogP contribution < -0.4 is 15.8 Å². The molecule has 6 rings (SSSR count). The Balaban J connectivity index is 1.24. The van der Waals surface area contributed by atoms with Gasteiger partial charge in [0.25, 0.3) is 5.91 Å². The van der Waals surface area contributed by atoms with Crippen LogP contribution in [0.4, 0.5) is 15.0 Å². The number of nitrogens with one attached hydrogen (secondary N) is 1. The number of carbonyl (C=O) groups is 2. The number of rotatable bonds is 8. The molecule has 0 spiro atoms. The zero-order valence-electron chi connectivity index (χ0n) is 22.7. The van der Waals surface area contributed by atoms with Crippen molar-refractivity contribution in [3.8, 4) is 17.0 Å². The van der Waals surface area contributed by atoms with Crippen molar-refractivity contribution in [3.05, 3.63) is 72.1 Å². The Hall–Kier alpha value is -5.47. The number of halogens is 1. The zero-order valence-corrected chi connectivity index (χ0v) is 22.7. The summed E-state index contributed by atoms with van der Waals surface area (Å²) in [5.74, 6) is -0.413. The summed E-state index contributed by atoms with van der Waals surface area (Å²) in [7, 11) is 3.10. The second-order valence-corrected chi connectivity index (χ2v) is 10.1. The second-order valence-electron chi connectivity index (χ2n) is 10.1. The van der Waals surface area contributed by atoms with E-state index in [1.54, 1.807) is 11.9 Å². The Morgan fingerprint density at radius 1 is 1.17 bits per heavy atom. The van der Waals surface area contributed by atoms with Crippen molar-refractivity contribution in [1.82, 2.24) is 50.2 Å². The molecule has 2 aromatic carbocycles. The van der Waals surface area contributed by atoms with E-state index in [-0.39, 0.29) is 29.7 Å². The summed E-state index contributed by atoms with van der Waals surface area (Å²) in [6.45, 7) is 0.574. The van der Waals surface area contributed by atoms with E-state index in [1.165, 1.54) is 31.9 Å². The van der Waals surface area contributed by atoms with Crippen molar-refractivity contribution in [2.45, 2.75) is 24.9 Å². The summed E-state index contributed by atoms with van der Waals surface area (Å²) in [5, 5.41) is 19.1. The number of nitrogens with two attached hydrogens (primary N) is 1. The van der Waals surface area contributed by atoms with Gasteiger partial charge in [-0.2, -0.15) is 5.10 Å². The highest BCUT2D eigenvalue weighted by molar-refractivity contribution is 5.98. The minimum Gasteiger partial charge on any atom is -0.496 e. The summed E-state index contributed by atoms with van der Waals surface area (Å²) >= 11 is 0. The molecule has 214 valence electrons. The standard InChI is InChI=1S/C27H26FN11O3/c1-37(26(41)38-15-33-35-36-38)13-27(9-10-27)39-24-21(23(29)31-14-32-24)22(34-39)17-5-3-16(4-6-17)12-30-25(40)19-11-18(28)7-8-20(19)42-2/h3-8,11,14-15H,9-10,12-13H2,1-2H3,(H,30,40)(H2,29,31,32). The maximum Gasteiger partial charge on any atom is 0.347 e. The van der Waals surface area contributed by atoms with E-state index in [0.29, 0.717) is 23.3 Å². The highest BCUT2D eigenvalue weighted by Gasteiger charge is 2.49. The molecule has 3 heterocycles. The molecular weight excluding hydrogens is 545 g/mol. The molecule has 42 heavy (non-hydrogen) atoms. The fourth-order valence-corrected chi connectivity index (χ4v) is 4.94. The Morgan fingerprint density at radius 3 is 2.64 bits per heavy atom. The lowest BCUT2D eigenvalue weighted by atomic mass is 10.1. The third kappa shape index (κ3) is 4.84. The summed E-state index contributed by atoms with van der Waals surface area (Å²) in [6, 6.07) is 10.9. The number of carbonyl (C=O) groups excluding carboxylic acids is 2. The molecule has 3 aromatic heterocycles. The van der Waals surface area contributed by atoms with Crippen LogP contribution in [0.15, 0.2) is 55.1 Å². The quantitative estimate of drug-likeness (QED) is 0.263. The first-order chi connectivity index (χ1) is 20.3. The fraction of sp³-hybridized carbons (Fsp3) is 0.259. The van der Waals surface area contributed by atoms with Gasteiger partial charge in [0.2, 0.25) is 0 Å². The molecule has 5 aromatic rings. The highest BCUT2D eigenvalue weighted by atomic mass is 19.1. The molecule has 0 atom stereocenters. The van der Waals surface area contributed by atoms with Crippen LogP contribution in [0.25, 0.3) is 22.3 Å². The van der Waals surface area contributed by atoms with Crippen molar-refractivity contribution in [2.24, 2.45) is 0 Å². The molecule has 0 radical (unpaired) electrons. The topological polar surface area (TPSA) is 172 Å². The van der Waals surface area contributed by atoms with Crippen LogP contribution in [0.5, 0.6) is 5.75 Å². The molecule has 0 aliphatic heterocycles. The van der Waals surface area contributed by atoms with Crippen molar-refractivity contribution in [2.75, 3.05) is 26.4 Å². The van der Waals surface area contributed by atoms with Crippen LogP contribution in [0.1, 0.15) is 28.8 Å². The lowest BCUT2D eigenvalue weighted by Gasteiger charge is -2.24. The number of benzene rings is 2. The van der Waals surface area contributed by atoms with Crippen LogP contribution in [0.2, 0.25) is 0 Å². The molecule has 1 saturated carbocycles. The van der Waals surface area contributed by atoms with Gasteiger partial charge in [0.05, 0.1) is 23.6 Å². The van der Waals surface area contributed by atoms with Gasteiger partial charge in [-0.1, -0.05) is 24.3 Å². The average Bonchev–Trinajstić information content (AvgIpc) is 3.38. The number of ether oxygens (including phenoxy) is 1. The first kappa shape index (κ1) is 26.7. The normalized spacial score (nSPS) is 13.6. The molecule has 0 saturated heterocycles. The minimum absolute atomic E-state index is 0.112. The van der Waals surface area contributed by atoms with Gasteiger partial charge in [0.1, 0.15) is 35.7 Å². The van der Waals surface area contributed by atoms with Crippen molar-refractivity contribution < 1.29 is 18.7 Å². The van der Waals surface area contributed by atoms with Gasteiger partial charge in [-0.15, -0.1) is 9.78 Å². The average molecular weight is 572 g/mol. The van der Waals surface area contributed by atoms with Crippen LogP contribution in [-0.4, -0.2) is 77.5 Å². The highest BCUT2D eigenvalue weighted by Crippen LogP contribution is 2.46. The third-order valence-electron chi connectivity index (χ3n) is 7.26. The molecule has 15 heteroatoms. The van der Waals surface area contributed by atoms with Gasteiger partial charge in [-0.25, -0.2) is 23.8 Å². The van der Waals surface area contributed by atoms with Gasteiger partial charge in [0, 0.05) is 25.7 Å². The molecule has 14 nitrogen and oxygen atoms in total. The van der Waals surface area contributed by atoms with Gasteiger partial charge < -0.3 is 20.7 Å². The fourth-order valence-electron chi connectivity index (χ4n) is 4.94. The lowest BCUT2D eigenvalue weighted by Crippen LogP contribution is -2.40. The molecule has 1 aliphatic carbocycles. The number of hydrogen-bond acceptors (Lipinski definition) is 10. The van der Waals surface area contributed by atoms with Crippen molar-refractivity contribution in [1.29, 1.82) is 0 Å². The van der Waals surface area contributed by atoms with Gasteiger partial charge in [-0.05, 0) is 47.0 Å². The molecule has 1 aliphatic rings. The molecule has 0 unspecified atom stereocenters. The van der Waals surface area contributed by atoms with E-state index in [0.717, 1.165) is 34.7 Å². The number of hydrogen-bond donors (Lipinski definition) is 2. The molecule has 1 fully saturated rings. The number of nitrogens with zero attached hydrogens (tertiary/aromatic N) is 9. The Morgan fingerprint density at radius 2 is 1.95 bits per heavy atom. The number of methoxy groups -OCH3 is 1. The summed E-state index contributed by atoms with van der Waals surface area (Å²) in [4.78, 5) is 35.7. The molecule has 0 bridgehead atoms. The molecule has 2 amide bonds. The first-order valence-corrected chi connectivity index (χ1v) is 13.0. The Labute approximate surface area is 238 Å². The van der Waals surface area contributed by atoms with Crippen molar-refractivity contribution in [3.63, 3.8) is 0 Å². The molecule has 3 N–H and O–H groups in total. The van der Waals surface area contributed by atoms with E-state index >= 15 is 0 Å². The lowest BCUT2D eigenvalue weighted by molar-refractivity contribution is 0.0947. The first-order valence-electron chi connectivity index (χ1n) is 13.0. The predicted molar refractivity (Wildman–Crippen MR) is 148 cm³/mol. The van der Waals surface area contributed by atoms with E-state index in [4.69, 9.17) is 15.6 Å². The Kier molecular flexibility index (Phi) is 6.68. The van der Waals surface area contributed by atoms with Gasteiger partial charge in [0.15, 0.2) is 5.65 Å². The SMILES string of the molecule is COc1ccc(F)cc1C(=O)NCc1ccc(-c2nn(C3(CN(C)C(=O)n4cnnn4)CC3)c3ncnc(N)c23)cc1. The van der Waals surface area contributed by atoms with E-state index < -0.39 is 17.3 Å². The Bertz CT molecular complexity index is 1780. The minimum atomic E-state index is -0.529. The van der Waals surface area contributed by atoms with Crippen LogP contribution >= 0.6 is 0 Å². The second kappa shape index (κ2) is 10.5. The summed E-state index contributed by atoms with van der Waals surface area (Å²) in [5.41, 5.74) is 8.70. The smallest absolute Gasteiger partial charge is 0.347 e. The monoisotopic (exact) mass is 571 g/mol. The van der Waals surface area contributed by atoms with Crippen molar-refractivity contribution >= 4 is 28.8 Å². The van der Waals surface area contributed by atoms with E-state index in [9.17, 15) is 14.0 Å². The summed E-state index contributed by atoms with van der Waals surface area (Å²) in [6.07, 6.45) is 4.22. The van der Waals surface area contributed by atoms with Gasteiger partial charge >= 0.3 is 6.03 Å². The maximum absolute atomic E-state index is 13.7. The number of anilines is 1. The van der Waals surface area contributed by atoms with Gasteiger partial charge in [-0.3, -0.25) is 4.79 Å². The van der Waals surface area contributed by atoms with E-state index in [1.807, 2.05) is 28.9 Å². The number of aromatic nitrogens is 8. The number of tetrazole rings is 1. The van der Waals surface area contributed by atoms with Crippen LogP contribution in [-0.2, 0) is 12.1 Å². The maximum atomic E-state index is 13.7. The summed E-state index contributed by atoms with van der Waals surface area (Å²) < 4.78 is 21.8. The predicted octanol–water partition coefficient (Wildman–Crippen LogP) is 2.23. The van der Waals surface area contributed by atoms with Crippen LogP contribution in [0.3, 0.4) is 0 Å². The number of fused-ring (bicyclic) bond motifs is 1.